The number of rotatable bonds is 7. The molecule has 8 nitrogen and oxygen atoms in total. The summed E-state index contributed by atoms with van der Waals surface area (Å²) in [5.74, 6) is 2.72. The van der Waals surface area contributed by atoms with Gasteiger partial charge in [-0.1, -0.05) is 54.5 Å². The van der Waals surface area contributed by atoms with E-state index < -0.39 is 24.1 Å². The highest BCUT2D eigenvalue weighted by Gasteiger charge is 2.28. The second-order valence-corrected chi connectivity index (χ2v) is 6.88. The van der Waals surface area contributed by atoms with Gasteiger partial charge in [0, 0.05) is 18.9 Å². The standard InChI is InChI=1S/C23H22N2O6/c26-20(22(28)29)11-13-24-21(27)10-5-12-25-23(30)31-14-19-17-8-3-1-6-15(17)16-7-2-4-9-18(16)19/h1-4,6-9,19-20,26H,11-14H2,(H,24,27)(H,25,30)(H,28,29)/t20-/m0/s1. The molecule has 8 heteroatoms. The number of carbonyl (C=O) groups excluding carboxylic acids is 2. The van der Waals surface area contributed by atoms with Crippen molar-refractivity contribution >= 4 is 18.0 Å². The lowest BCUT2D eigenvalue weighted by Gasteiger charge is -2.14. The summed E-state index contributed by atoms with van der Waals surface area (Å²) in [7, 11) is 0. The van der Waals surface area contributed by atoms with Crippen molar-refractivity contribution in [2.24, 2.45) is 0 Å². The van der Waals surface area contributed by atoms with E-state index in [2.05, 4.69) is 34.6 Å². The van der Waals surface area contributed by atoms with Crippen LogP contribution in [0.5, 0.6) is 0 Å². The molecule has 0 unspecified atom stereocenters. The molecule has 0 saturated carbocycles. The number of alkyl carbamates (subject to hydrolysis) is 1. The van der Waals surface area contributed by atoms with E-state index in [-0.39, 0.29) is 32.0 Å². The lowest BCUT2D eigenvalue weighted by Crippen LogP contribution is -2.29. The Morgan fingerprint density at radius 3 is 2.23 bits per heavy atom. The number of carbonyl (C=O) groups is 3. The Morgan fingerprint density at radius 2 is 1.61 bits per heavy atom. The number of carboxylic acid groups (broad SMARTS) is 1. The summed E-state index contributed by atoms with van der Waals surface area (Å²) in [6.07, 6.45) is -2.30. The summed E-state index contributed by atoms with van der Waals surface area (Å²) in [5.41, 5.74) is 4.50. The molecule has 0 spiro atoms. The van der Waals surface area contributed by atoms with Crippen LogP contribution in [-0.4, -0.2) is 54.0 Å². The quantitative estimate of drug-likeness (QED) is 0.501. The molecule has 0 radical (unpaired) electrons. The maximum absolute atomic E-state index is 12.0. The molecule has 0 heterocycles. The van der Waals surface area contributed by atoms with E-state index in [1.54, 1.807) is 0 Å². The van der Waals surface area contributed by atoms with E-state index in [4.69, 9.17) is 14.9 Å². The number of fused-ring (bicyclic) bond motifs is 3. The van der Waals surface area contributed by atoms with E-state index >= 15 is 0 Å². The highest BCUT2D eigenvalue weighted by atomic mass is 16.5. The van der Waals surface area contributed by atoms with Crippen LogP contribution in [0.15, 0.2) is 48.5 Å². The minimum absolute atomic E-state index is 0.0270. The van der Waals surface area contributed by atoms with Crippen molar-refractivity contribution in [1.82, 2.24) is 10.6 Å². The Bertz CT molecular complexity index is 994. The van der Waals surface area contributed by atoms with Crippen molar-refractivity contribution in [2.45, 2.75) is 18.4 Å². The number of nitrogens with one attached hydrogen (secondary N) is 2. The van der Waals surface area contributed by atoms with Gasteiger partial charge in [0.15, 0.2) is 6.10 Å². The van der Waals surface area contributed by atoms with Gasteiger partial charge in [-0.25, -0.2) is 9.59 Å². The second kappa shape index (κ2) is 10.3. The number of aliphatic carboxylic acids is 1. The van der Waals surface area contributed by atoms with Crippen LogP contribution in [0.2, 0.25) is 0 Å². The number of hydrogen-bond donors (Lipinski definition) is 4. The first-order chi connectivity index (χ1) is 15.0. The normalized spacial score (nSPS) is 12.5. The zero-order chi connectivity index (χ0) is 22.2. The molecule has 2 aromatic carbocycles. The summed E-state index contributed by atoms with van der Waals surface area (Å²) in [4.78, 5) is 34.0. The number of ether oxygens (including phenoxy) is 1. The Kier molecular flexibility index (Phi) is 7.25. The van der Waals surface area contributed by atoms with Crippen LogP contribution in [0.1, 0.15) is 23.5 Å². The molecule has 160 valence electrons. The van der Waals surface area contributed by atoms with Gasteiger partial charge < -0.3 is 25.6 Å². The van der Waals surface area contributed by atoms with Crippen LogP contribution < -0.4 is 10.6 Å². The fraction of sp³-hybridized carbons (Fsp3) is 0.261. The SMILES string of the molecule is O=C(C#CCNC(=O)OCC1c2ccccc2-c2ccccc21)NCC[C@H](O)C(=O)O. The molecule has 2 aromatic rings. The number of amides is 2. The van der Waals surface area contributed by atoms with Crippen molar-refractivity contribution < 1.29 is 29.3 Å². The van der Waals surface area contributed by atoms with Gasteiger partial charge in [0.05, 0.1) is 6.54 Å². The average molecular weight is 422 g/mol. The zero-order valence-corrected chi connectivity index (χ0v) is 16.6. The summed E-state index contributed by atoms with van der Waals surface area (Å²) in [6.45, 7) is 0.0717. The molecule has 3 rings (SSSR count). The summed E-state index contributed by atoms with van der Waals surface area (Å²) >= 11 is 0. The molecule has 31 heavy (non-hydrogen) atoms. The van der Waals surface area contributed by atoms with E-state index in [0.29, 0.717) is 0 Å². The first kappa shape index (κ1) is 21.9. The van der Waals surface area contributed by atoms with Crippen molar-refractivity contribution in [3.63, 3.8) is 0 Å². The Morgan fingerprint density at radius 1 is 1.00 bits per heavy atom. The molecule has 2 amide bonds. The third-order valence-electron chi connectivity index (χ3n) is 4.86. The number of carboxylic acids is 1. The van der Waals surface area contributed by atoms with E-state index in [0.717, 1.165) is 22.3 Å². The Hall–Kier alpha value is -3.83. The minimum atomic E-state index is -1.54. The van der Waals surface area contributed by atoms with Crippen LogP contribution in [0.4, 0.5) is 4.79 Å². The first-order valence-electron chi connectivity index (χ1n) is 9.73. The van der Waals surface area contributed by atoms with Crippen LogP contribution in [0, 0.1) is 11.8 Å². The number of aliphatic hydroxyl groups is 1. The first-order valence-corrected chi connectivity index (χ1v) is 9.73. The van der Waals surface area contributed by atoms with Gasteiger partial charge in [-0.15, -0.1) is 0 Å². The van der Waals surface area contributed by atoms with E-state index in [1.165, 1.54) is 0 Å². The zero-order valence-electron chi connectivity index (χ0n) is 16.6. The lowest BCUT2D eigenvalue weighted by molar-refractivity contribution is -0.147. The molecular formula is C23H22N2O6. The molecule has 0 aliphatic heterocycles. The highest BCUT2D eigenvalue weighted by molar-refractivity contribution is 5.93. The van der Waals surface area contributed by atoms with Gasteiger partial charge in [0.1, 0.15) is 6.61 Å². The lowest BCUT2D eigenvalue weighted by atomic mass is 9.98. The smallest absolute Gasteiger partial charge is 0.407 e. The monoisotopic (exact) mass is 422 g/mol. The molecule has 1 aliphatic carbocycles. The molecule has 1 atom stereocenters. The third kappa shape index (κ3) is 5.62. The van der Waals surface area contributed by atoms with Crippen molar-refractivity contribution in [3.8, 4) is 23.0 Å². The van der Waals surface area contributed by atoms with Crippen LogP contribution in [-0.2, 0) is 14.3 Å². The van der Waals surface area contributed by atoms with Crippen LogP contribution >= 0.6 is 0 Å². The predicted octanol–water partition coefficient (Wildman–Crippen LogP) is 1.48. The van der Waals surface area contributed by atoms with Crippen LogP contribution in [0.3, 0.4) is 0 Å². The summed E-state index contributed by atoms with van der Waals surface area (Å²) in [5, 5.41) is 22.5. The Balaban J connectivity index is 1.43. The van der Waals surface area contributed by atoms with Crippen molar-refractivity contribution in [2.75, 3.05) is 19.7 Å². The maximum Gasteiger partial charge on any atom is 0.407 e. The molecular weight excluding hydrogens is 400 g/mol. The predicted molar refractivity (Wildman–Crippen MR) is 112 cm³/mol. The number of benzene rings is 2. The van der Waals surface area contributed by atoms with Crippen molar-refractivity contribution in [1.29, 1.82) is 0 Å². The highest BCUT2D eigenvalue weighted by Crippen LogP contribution is 2.44. The number of hydrogen-bond acceptors (Lipinski definition) is 5. The third-order valence-corrected chi connectivity index (χ3v) is 4.86. The van der Waals surface area contributed by atoms with Gasteiger partial charge in [-0.05, 0) is 28.2 Å². The minimum Gasteiger partial charge on any atom is -0.479 e. The fourth-order valence-electron chi connectivity index (χ4n) is 3.38. The largest absolute Gasteiger partial charge is 0.479 e. The van der Waals surface area contributed by atoms with Crippen LogP contribution in [0.25, 0.3) is 11.1 Å². The molecule has 0 fully saturated rings. The summed E-state index contributed by atoms with van der Waals surface area (Å²) < 4.78 is 5.36. The fourth-order valence-corrected chi connectivity index (χ4v) is 3.38. The van der Waals surface area contributed by atoms with Gasteiger partial charge >= 0.3 is 12.1 Å². The van der Waals surface area contributed by atoms with Gasteiger partial charge in [-0.3, -0.25) is 4.79 Å². The number of aliphatic hydroxyl groups excluding tert-OH is 1. The molecule has 0 aromatic heterocycles. The molecule has 1 aliphatic rings. The van der Waals surface area contributed by atoms with Gasteiger partial charge in [-0.2, -0.15) is 0 Å². The maximum atomic E-state index is 12.0. The second-order valence-electron chi connectivity index (χ2n) is 6.88. The topological polar surface area (TPSA) is 125 Å². The van der Waals surface area contributed by atoms with Crippen molar-refractivity contribution in [3.05, 3.63) is 59.7 Å². The van der Waals surface area contributed by atoms with E-state index in [1.807, 2.05) is 36.4 Å². The van der Waals surface area contributed by atoms with Gasteiger partial charge in [0.2, 0.25) is 0 Å². The summed E-state index contributed by atoms with van der Waals surface area (Å²) in [6, 6.07) is 16.0. The van der Waals surface area contributed by atoms with Gasteiger partial charge in [0.25, 0.3) is 5.91 Å². The van der Waals surface area contributed by atoms with E-state index in [9.17, 15) is 14.4 Å². The average Bonchev–Trinajstić information content (AvgIpc) is 3.09. The molecule has 0 bridgehead atoms. The molecule has 0 saturated heterocycles. The molecule has 4 N–H and O–H groups in total. The Labute approximate surface area is 179 Å².